The molecule has 1 unspecified atom stereocenters. The van der Waals surface area contributed by atoms with Gasteiger partial charge in [-0.3, -0.25) is 14.8 Å². The number of nitrogens with one attached hydrogen (secondary N) is 1. The summed E-state index contributed by atoms with van der Waals surface area (Å²) in [5, 5.41) is 27.9. The number of aromatic hydroxyl groups is 1. The van der Waals surface area contributed by atoms with Crippen LogP contribution in [0.4, 0.5) is 8.78 Å². The minimum absolute atomic E-state index is 0.0871. The maximum absolute atomic E-state index is 15.5. The second-order valence-corrected chi connectivity index (χ2v) is 10.2. The maximum atomic E-state index is 15.5. The fraction of sp³-hybridized carbons (Fsp3) is 0.111. The molecule has 13 nitrogen and oxygen atoms in total. The van der Waals surface area contributed by atoms with Gasteiger partial charge in [-0.05, 0) is 30.3 Å². The van der Waals surface area contributed by atoms with E-state index >= 15 is 4.39 Å². The van der Waals surface area contributed by atoms with Crippen LogP contribution in [0.3, 0.4) is 0 Å². The molecule has 5 rings (SSSR count). The fourth-order valence-corrected chi connectivity index (χ4v) is 4.90. The number of aromatic nitrogens is 3. The number of phenolic OH excluding ortho intramolecular Hbond substituents is 1. The summed E-state index contributed by atoms with van der Waals surface area (Å²) in [6.45, 7) is 0.903. The number of nitriles is 1. The molecule has 2 aromatic carbocycles. The van der Waals surface area contributed by atoms with Crippen LogP contribution >= 0.6 is 0 Å². The first-order chi connectivity index (χ1) is 20.6. The second-order valence-electron chi connectivity index (χ2n) is 8.84. The van der Waals surface area contributed by atoms with Crippen LogP contribution in [0.25, 0.3) is 0 Å². The zero-order valence-electron chi connectivity index (χ0n) is 21.9. The van der Waals surface area contributed by atoms with E-state index in [9.17, 15) is 23.3 Å². The summed E-state index contributed by atoms with van der Waals surface area (Å²) in [6, 6.07) is 9.41. The summed E-state index contributed by atoms with van der Waals surface area (Å²) in [5.41, 5.74) is -1.34. The van der Waals surface area contributed by atoms with E-state index in [0.717, 1.165) is 18.3 Å². The van der Waals surface area contributed by atoms with Crippen LogP contribution < -0.4 is 15.0 Å². The largest absolute Gasteiger partial charge is 0.504 e. The molecule has 4 aromatic rings. The first kappa shape index (κ1) is 28.8. The number of hydrogen-bond acceptors (Lipinski definition) is 11. The number of likely N-dealkylation sites (N-methyl/N-ethyl adjacent to an activating group) is 1. The second kappa shape index (κ2) is 11.7. The van der Waals surface area contributed by atoms with Crippen molar-refractivity contribution in [2.24, 2.45) is 4.99 Å². The third-order valence-corrected chi connectivity index (χ3v) is 7.29. The van der Waals surface area contributed by atoms with Crippen molar-refractivity contribution in [3.05, 3.63) is 87.5 Å². The molecule has 1 aliphatic rings. The number of amidine groups is 1. The molecule has 218 valence electrons. The summed E-state index contributed by atoms with van der Waals surface area (Å²) in [7, 11) is -0.396. The first-order valence-electron chi connectivity index (χ1n) is 12.1. The molecule has 43 heavy (non-hydrogen) atoms. The summed E-state index contributed by atoms with van der Waals surface area (Å²) >= 11 is 0. The zero-order valence-corrected chi connectivity index (χ0v) is 22.7. The van der Waals surface area contributed by atoms with Gasteiger partial charge in [-0.1, -0.05) is 0 Å². The number of rotatable bonds is 8. The predicted molar refractivity (Wildman–Crippen MR) is 144 cm³/mol. The molecule has 0 saturated heterocycles. The molecule has 1 aliphatic heterocycles. The van der Waals surface area contributed by atoms with E-state index in [1.807, 2.05) is 6.07 Å². The Hall–Kier alpha value is -5.69. The van der Waals surface area contributed by atoms with Crippen molar-refractivity contribution in [3.63, 3.8) is 0 Å². The van der Waals surface area contributed by atoms with Crippen LogP contribution in [0.15, 0.2) is 68.6 Å². The quantitative estimate of drug-likeness (QED) is 0.249. The molecule has 0 saturated carbocycles. The SMILES string of the molecule is CN1CCN=C1c1cc(S(=O)c2ncc(C(=O)O)c(=O)[nH]2)ccc1Oc1c(F)cnc(Oc2cc(C#N)ccc2O)c1F. The van der Waals surface area contributed by atoms with Gasteiger partial charge in [0.25, 0.3) is 11.4 Å². The van der Waals surface area contributed by atoms with E-state index in [4.69, 9.17) is 19.8 Å². The Bertz CT molecular complexity index is 1940. The third kappa shape index (κ3) is 5.74. The highest BCUT2D eigenvalue weighted by atomic mass is 32.2. The molecule has 0 aliphatic carbocycles. The Morgan fingerprint density at radius 3 is 2.60 bits per heavy atom. The number of halogens is 2. The predicted octanol–water partition coefficient (Wildman–Crippen LogP) is 3.16. The molecule has 1 atom stereocenters. The summed E-state index contributed by atoms with van der Waals surface area (Å²) in [6.07, 6.45) is 1.43. The normalized spacial score (nSPS) is 13.3. The van der Waals surface area contributed by atoms with E-state index in [0.29, 0.717) is 25.1 Å². The lowest BCUT2D eigenvalue weighted by Gasteiger charge is -2.19. The van der Waals surface area contributed by atoms with Crippen molar-refractivity contribution in [2.75, 3.05) is 20.1 Å². The number of carboxylic acids is 1. The van der Waals surface area contributed by atoms with E-state index in [1.165, 1.54) is 24.3 Å². The summed E-state index contributed by atoms with van der Waals surface area (Å²) in [4.78, 5) is 39.0. The Labute approximate surface area is 242 Å². The molecule has 3 N–H and O–H groups in total. The van der Waals surface area contributed by atoms with Gasteiger partial charge in [-0.25, -0.2) is 23.4 Å². The van der Waals surface area contributed by atoms with Crippen molar-refractivity contribution >= 4 is 22.6 Å². The van der Waals surface area contributed by atoms with Crippen molar-refractivity contribution < 1.29 is 37.5 Å². The molecule has 0 radical (unpaired) electrons. The topological polar surface area (TPSA) is 191 Å². The van der Waals surface area contributed by atoms with Crippen LogP contribution in [0.1, 0.15) is 21.5 Å². The number of phenols is 1. The smallest absolute Gasteiger partial charge is 0.342 e. The molecule has 0 spiro atoms. The van der Waals surface area contributed by atoms with Gasteiger partial charge in [0.15, 0.2) is 17.3 Å². The van der Waals surface area contributed by atoms with Crippen molar-refractivity contribution in [1.29, 1.82) is 5.26 Å². The van der Waals surface area contributed by atoms with Gasteiger partial charge in [0.2, 0.25) is 16.7 Å². The number of H-pyrrole nitrogens is 1. The van der Waals surface area contributed by atoms with Crippen LogP contribution in [-0.4, -0.2) is 66.2 Å². The Morgan fingerprint density at radius 1 is 1.14 bits per heavy atom. The Balaban J connectivity index is 1.53. The average molecular weight is 609 g/mol. The van der Waals surface area contributed by atoms with Gasteiger partial charge in [0.1, 0.15) is 27.9 Å². The van der Waals surface area contributed by atoms with Crippen LogP contribution in [0.5, 0.6) is 28.9 Å². The molecule has 3 heterocycles. The molecule has 0 fully saturated rings. The van der Waals surface area contributed by atoms with Crippen molar-refractivity contribution in [2.45, 2.75) is 10.1 Å². The van der Waals surface area contributed by atoms with E-state index < -0.39 is 56.9 Å². The lowest BCUT2D eigenvalue weighted by atomic mass is 10.1. The number of benzene rings is 2. The molecular formula is C27H18F2N6O7S. The van der Waals surface area contributed by atoms with Crippen LogP contribution in [0.2, 0.25) is 0 Å². The van der Waals surface area contributed by atoms with Gasteiger partial charge in [0.05, 0.1) is 36.1 Å². The summed E-state index contributed by atoms with van der Waals surface area (Å²) < 4.78 is 54.6. The first-order valence-corrected chi connectivity index (χ1v) is 13.3. The van der Waals surface area contributed by atoms with Crippen LogP contribution in [-0.2, 0) is 10.8 Å². The molecule has 2 aromatic heterocycles. The standard InChI is InChI=1S/C27H18F2N6O7S/c1-35-7-6-31-23(35)15-9-14(43(40)27-33-11-16(26(38)39)24(37)34-27)3-5-19(15)41-22-17(28)12-32-25(21(22)29)42-20-8-13(10-30)2-4-18(20)36/h2-5,8-9,11-12,36H,6-7H2,1H3,(H,38,39)(H,33,34,37). The molecular weight excluding hydrogens is 590 g/mol. The van der Waals surface area contributed by atoms with Crippen molar-refractivity contribution in [3.8, 4) is 34.9 Å². The van der Waals surface area contributed by atoms with Gasteiger partial charge < -0.3 is 24.6 Å². The number of nitrogens with zero attached hydrogens (tertiary/aromatic N) is 5. The third-order valence-electron chi connectivity index (χ3n) is 6.05. The van der Waals surface area contributed by atoms with E-state index in [2.05, 4.69) is 19.9 Å². The highest BCUT2D eigenvalue weighted by molar-refractivity contribution is 7.84. The van der Waals surface area contributed by atoms with E-state index in [1.54, 1.807) is 11.9 Å². The minimum Gasteiger partial charge on any atom is -0.504 e. The Kier molecular flexibility index (Phi) is 7.82. The number of aromatic amines is 1. The van der Waals surface area contributed by atoms with Gasteiger partial charge >= 0.3 is 5.97 Å². The van der Waals surface area contributed by atoms with E-state index in [-0.39, 0.29) is 32.7 Å². The number of pyridine rings is 1. The number of aliphatic imine (C=N–C) groups is 1. The van der Waals surface area contributed by atoms with Gasteiger partial charge in [-0.15, -0.1) is 0 Å². The number of ether oxygens (including phenoxy) is 2. The highest BCUT2D eigenvalue weighted by Gasteiger charge is 2.26. The van der Waals surface area contributed by atoms with Crippen LogP contribution in [0, 0.1) is 23.0 Å². The Morgan fingerprint density at radius 2 is 1.93 bits per heavy atom. The highest BCUT2D eigenvalue weighted by Crippen LogP contribution is 2.38. The number of aromatic carboxylic acids is 1. The monoisotopic (exact) mass is 608 g/mol. The number of carboxylic acid groups (broad SMARTS) is 1. The molecule has 16 heteroatoms. The fourth-order valence-electron chi connectivity index (χ4n) is 3.93. The molecule has 0 bridgehead atoms. The lowest BCUT2D eigenvalue weighted by molar-refractivity contribution is 0.0694. The lowest BCUT2D eigenvalue weighted by Crippen LogP contribution is -2.24. The van der Waals surface area contributed by atoms with Crippen molar-refractivity contribution in [1.82, 2.24) is 19.9 Å². The molecule has 0 amide bonds. The maximum Gasteiger partial charge on any atom is 0.342 e. The zero-order chi connectivity index (χ0) is 30.8. The average Bonchev–Trinajstić information content (AvgIpc) is 3.42. The van der Waals surface area contributed by atoms with Gasteiger partial charge in [0, 0.05) is 24.6 Å². The van der Waals surface area contributed by atoms with Gasteiger partial charge in [-0.2, -0.15) is 9.65 Å². The number of carbonyl (C=O) groups is 1. The minimum atomic E-state index is -2.11. The summed E-state index contributed by atoms with van der Waals surface area (Å²) in [5.74, 6) is -6.20. The number of hydrogen-bond donors (Lipinski definition) is 3.